The zero-order valence-electron chi connectivity index (χ0n) is 12.0. The van der Waals surface area contributed by atoms with Crippen LogP contribution in [0.3, 0.4) is 0 Å². The minimum Gasteiger partial charge on any atom is -0.357 e. The zero-order chi connectivity index (χ0) is 15.0. The molecule has 0 aromatic carbocycles. The Morgan fingerprint density at radius 3 is 3.10 bits per heavy atom. The molecule has 1 amide bonds. The predicted molar refractivity (Wildman–Crippen MR) is 86.2 cm³/mol. The molecule has 3 rings (SSSR count). The molecule has 0 aliphatic carbocycles. The quantitative estimate of drug-likeness (QED) is 0.882. The van der Waals surface area contributed by atoms with Crippen LogP contribution in [0.5, 0.6) is 0 Å². The molecule has 2 aromatic rings. The van der Waals surface area contributed by atoms with E-state index < -0.39 is 0 Å². The summed E-state index contributed by atoms with van der Waals surface area (Å²) in [5.41, 5.74) is 0. The SMILES string of the molecule is CCc1cc2c(N3CCCC3C(=O)NC)nc(Cl)nc2s1. The van der Waals surface area contributed by atoms with E-state index in [2.05, 4.69) is 33.2 Å². The molecule has 1 fully saturated rings. The average molecular weight is 325 g/mol. The van der Waals surface area contributed by atoms with Crippen molar-refractivity contribution in [1.82, 2.24) is 15.3 Å². The first-order valence-corrected chi connectivity index (χ1v) is 8.27. The van der Waals surface area contributed by atoms with Gasteiger partial charge >= 0.3 is 0 Å². The molecular formula is C14H17ClN4OS. The minimum atomic E-state index is -0.172. The number of nitrogens with one attached hydrogen (secondary N) is 1. The number of hydrogen-bond acceptors (Lipinski definition) is 5. The van der Waals surface area contributed by atoms with E-state index in [0.29, 0.717) is 0 Å². The Morgan fingerprint density at radius 2 is 2.38 bits per heavy atom. The highest BCUT2D eigenvalue weighted by atomic mass is 35.5. The lowest BCUT2D eigenvalue weighted by Gasteiger charge is -2.24. The molecule has 1 N–H and O–H groups in total. The molecule has 0 bridgehead atoms. The number of halogens is 1. The van der Waals surface area contributed by atoms with Crippen molar-refractivity contribution in [2.45, 2.75) is 32.2 Å². The van der Waals surface area contributed by atoms with E-state index in [1.807, 2.05) is 0 Å². The molecule has 7 heteroatoms. The van der Waals surface area contributed by atoms with E-state index in [1.54, 1.807) is 18.4 Å². The second-order valence-corrected chi connectivity index (χ2v) is 6.52. The van der Waals surface area contributed by atoms with Crippen LogP contribution in [0.15, 0.2) is 6.07 Å². The third kappa shape index (κ3) is 2.58. The van der Waals surface area contributed by atoms with E-state index in [4.69, 9.17) is 11.6 Å². The third-order valence-electron chi connectivity index (χ3n) is 3.82. The molecule has 2 aromatic heterocycles. The van der Waals surface area contributed by atoms with Gasteiger partial charge in [0.1, 0.15) is 16.7 Å². The van der Waals surface area contributed by atoms with E-state index in [0.717, 1.165) is 41.8 Å². The molecule has 112 valence electrons. The lowest BCUT2D eigenvalue weighted by atomic mass is 10.2. The summed E-state index contributed by atoms with van der Waals surface area (Å²) in [6.07, 6.45) is 2.77. The van der Waals surface area contributed by atoms with Gasteiger partial charge in [-0.1, -0.05) is 6.92 Å². The Balaban J connectivity index is 2.10. The van der Waals surface area contributed by atoms with Crippen LogP contribution in [-0.2, 0) is 11.2 Å². The van der Waals surface area contributed by atoms with Gasteiger partial charge in [0.15, 0.2) is 0 Å². The molecular weight excluding hydrogens is 308 g/mol. The molecule has 1 saturated heterocycles. The van der Waals surface area contributed by atoms with Gasteiger partial charge in [-0.05, 0) is 36.9 Å². The zero-order valence-corrected chi connectivity index (χ0v) is 13.6. The van der Waals surface area contributed by atoms with Crippen molar-refractivity contribution in [3.05, 3.63) is 16.2 Å². The van der Waals surface area contributed by atoms with Crippen molar-refractivity contribution < 1.29 is 4.79 Å². The molecule has 3 heterocycles. The van der Waals surface area contributed by atoms with Crippen molar-refractivity contribution in [3.8, 4) is 0 Å². The van der Waals surface area contributed by atoms with Crippen LogP contribution < -0.4 is 10.2 Å². The summed E-state index contributed by atoms with van der Waals surface area (Å²) < 4.78 is 0. The number of likely N-dealkylation sites (N-methyl/N-ethyl adjacent to an activating group) is 1. The highest BCUT2D eigenvalue weighted by Gasteiger charge is 2.32. The van der Waals surface area contributed by atoms with Crippen molar-refractivity contribution in [3.63, 3.8) is 0 Å². The number of carbonyl (C=O) groups is 1. The van der Waals surface area contributed by atoms with Gasteiger partial charge in [-0.25, -0.2) is 4.98 Å². The first kappa shape index (κ1) is 14.5. The summed E-state index contributed by atoms with van der Waals surface area (Å²) in [7, 11) is 1.67. The molecule has 5 nitrogen and oxygen atoms in total. The van der Waals surface area contributed by atoms with E-state index in [9.17, 15) is 4.79 Å². The largest absolute Gasteiger partial charge is 0.357 e. The van der Waals surface area contributed by atoms with Gasteiger partial charge < -0.3 is 10.2 Å². The van der Waals surface area contributed by atoms with Crippen LogP contribution in [0.4, 0.5) is 5.82 Å². The third-order valence-corrected chi connectivity index (χ3v) is 5.16. The Hall–Kier alpha value is -1.40. The molecule has 0 spiro atoms. The molecule has 1 atom stereocenters. The van der Waals surface area contributed by atoms with Crippen LogP contribution in [0.25, 0.3) is 10.2 Å². The van der Waals surface area contributed by atoms with Crippen LogP contribution in [0.2, 0.25) is 5.28 Å². The Morgan fingerprint density at radius 1 is 1.57 bits per heavy atom. The summed E-state index contributed by atoms with van der Waals surface area (Å²) in [5.74, 6) is 0.813. The lowest BCUT2D eigenvalue weighted by molar-refractivity contribution is -0.121. The summed E-state index contributed by atoms with van der Waals surface area (Å²) >= 11 is 7.71. The van der Waals surface area contributed by atoms with Crippen LogP contribution >= 0.6 is 22.9 Å². The van der Waals surface area contributed by atoms with Gasteiger partial charge in [-0.3, -0.25) is 4.79 Å². The fraction of sp³-hybridized carbons (Fsp3) is 0.500. The highest BCUT2D eigenvalue weighted by molar-refractivity contribution is 7.18. The standard InChI is InChI=1S/C14H17ClN4OS/c1-3-8-7-9-11(17-14(15)18-13(9)21-8)19-6-4-5-10(19)12(20)16-2/h7,10H,3-6H2,1-2H3,(H,16,20). The van der Waals surface area contributed by atoms with Gasteiger partial charge in [-0.2, -0.15) is 4.98 Å². The monoisotopic (exact) mass is 324 g/mol. The van der Waals surface area contributed by atoms with Gasteiger partial charge in [0.2, 0.25) is 11.2 Å². The molecule has 1 unspecified atom stereocenters. The lowest BCUT2D eigenvalue weighted by Crippen LogP contribution is -2.42. The number of aryl methyl sites for hydroxylation is 1. The fourth-order valence-electron chi connectivity index (χ4n) is 2.78. The Labute approximate surface area is 132 Å². The van der Waals surface area contributed by atoms with Crippen molar-refractivity contribution in [2.24, 2.45) is 0 Å². The second-order valence-electron chi connectivity index (χ2n) is 5.07. The van der Waals surface area contributed by atoms with Gasteiger partial charge in [0.05, 0.1) is 5.39 Å². The maximum Gasteiger partial charge on any atom is 0.242 e. The summed E-state index contributed by atoms with van der Waals surface area (Å²) in [6.45, 7) is 2.93. The fourth-order valence-corrected chi connectivity index (χ4v) is 3.96. The van der Waals surface area contributed by atoms with Crippen molar-refractivity contribution >= 4 is 44.9 Å². The van der Waals surface area contributed by atoms with E-state index >= 15 is 0 Å². The smallest absolute Gasteiger partial charge is 0.242 e. The van der Waals surface area contributed by atoms with Gasteiger partial charge in [0, 0.05) is 18.5 Å². The first-order valence-electron chi connectivity index (χ1n) is 7.08. The molecule has 0 saturated carbocycles. The number of hydrogen-bond donors (Lipinski definition) is 1. The summed E-state index contributed by atoms with van der Waals surface area (Å²) in [4.78, 5) is 25.0. The van der Waals surface area contributed by atoms with Crippen molar-refractivity contribution in [1.29, 1.82) is 0 Å². The van der Waals surface area contributed by atoms with Crippen LogP contribution in [0, 0.1) is 0 Å². The number of fused-ring (bicyclic) bond motifs is 1. The van der Waals surface area contributed by atoms with Crippen LogP contribution in [0.1, 0.15) is 24.6 Å². The highest BCUT2D eigenvalue weighted by Crippen LogP contribution is 2.35. The van der Waals surface area contributed by atoms with E-state index in [-0.39, 0.29) is 17.2 Å². The predicted octanol–water partition coefficient (Wildman–Crippen LogP) is 2.62. The average Bonchev–Trinajstić information content (AvgIpc) is 3.11. The number of nitrogens with zero attached hydrogens (tertiary/aromatic N) is 3. The first-order chi connectivity index (χ1) is 10.1. The normalized spacial score (nSPS) is 18.4. The number of thiophene rings is 1. The number of amides is 1. The number of aromatic nitrogens is 2. The topological polar surface area (TPSA) is 58.1 Å². The Kier molecular flexibility index (Phi) is 3.99. The number of rotatable bonds is 3. The summed E-state index contributed by atoms with van der Waals surface area (Å²) in [5, 5.41) is 3.97. The molecule has 1 aliphatic rings. The van der Waals surface area contributed by atoms with Crippen LogP contribution in [-0.4, -0.2) is 35.5 Å². The maximum atomic E-state index is 12.1. The van der Waals surface area contributed by atoms with Crippen molar-refractivity contribution in [2.75, 3.05) is 18.5 Å². The Bertz CT molecular complexity index is 687. The molecule has 21 heavy (non-hydrogen) atoms. The van der Waals surface area contributed by atoms with Gasteiger partial charge in [-0.15, -0.1) is 11.3 Å². The summed E-state index contributed by atoms with van der Waals surface area (Å²) in [6, 6.07) is 1.94. The molecule has 1 aliphatic heterocycles. The maximum absolute atomic E-state index is 12.1. The number of anilines is 1. The van der Waals surface area contributed by atoms with E-state index in [1.165, 1.54) is 4.88 Å². The molecule has 0 radical (unpaired) electrons. The number of carbonyl (C=O) groups excluding carboxylic acids is 1. The minimum absolute atomic E-state index is 0.0290. The van der Waals surface area contributed by atoms with Gasteiger partial charge in [0.25, 0.3) is 0 Å². The second kappa shape index (κ2) is 5.77.